The molecular formula is C9H7N3O3S. The van der Waals surface area contributed by atoms with Gasteiger partial charge in [0.15, 0.2) is 5.69 Å². The Morgan fingerprint density at radius 3 is 2.88 bits per heavy atom. The molecule has 0 spiro atoms. The maximum atomic E-state index is 10.7. The lowest BCUT2D eigenvalue weighted by molar-refractivity contribution is 0.0689. The molecule has 0 radical (unpaired) electrons. The van der Waals surface area contributed by atoms with Crippen LogP contribution in [0.25, 0.3) is 0 Å². The van der Waals surface area contributed by atoms with Crippen molar-refractivity contribution in [2.45, 2.75) is 17.2 Å². The highest BCUT2D eigenvalue weighted by atomic mass is 32.2. The van der Waals surface area contributed by atoms with E-state index in [1.54, 1.807) is 6.92 Å². The zero-order valence-corrected chi connectivity index (χ0v) is 9.06. The number of aromatic nitrogens is 3. The Kier molecular flexibility index (Phi) is 2.86. The Bertz CT molecular complexity index is 526. The zero-order valence-electron chi connectivity index (χ0n) is 8.25. The summed E-state index contributed by atoms with van der Waals surface area (Å²) in [5.41, 5.74) is 0.651. The molecule has 6 nitrogen and oxygen atoms in total. The van der Waals surface area contributed by atoms with Gasteiger partial charge in [0, 0.05) is 0 Å². The molecule has 0 aliphatic rings. The number of carboxylic acids is 1. The molecule has 0 aliphatic heterocycles. The standard InChI is InChI=1S/C9H7N3O3S/c1-5-4-15-9(11-5)16-7-3-10-2-6(12-7)8(13)14/h2-4H,1H3,(H,13,14). The van der Waals surface area contributed by atoms with Crippen molar-refractivity contribution in [2.75, 3.05) is 0 Å². The predicted octanol–water partition coefficient (Wildman–Crippen LogP) is 1.62. The number of hydrogen-bond acceptors (Lipinski definition) is 6. The van der Waals surface area contributed by atoms with Crippen molar-refractivity contribution in [3.63, 3.8) is 0 Å². The summed E-state index contributed by atoms with van der Waals surface area (Å²) in [7, 11) is 0. The zero-order chi connectivity index (χ0) is 11.5. The number of nitrogens with zero attached hydrogens (tertiary/aromatic N) is 3. The predicted molar refractivity (Wildman–Crippen MR) is 54.4 cm³/mol. The second-order valence-corrected chi connectivity index (χ2v) is 3.88. The van der Waals surface area contributed by atoms with E-state index in [1.165, 1.54) is 18.7 Å². The van der Waals surface area contributed by atoms with Gasteiger partial charge in [0.05, 0.1) is 18.1 Å². The van der Waals surface area contributed by atoms with Crippen molar-refractivity contribution in [3.05, 3.63) is 30.0 Å². The third-order valence-electron chi connectivity index (χ3n) is 1.62. The molecule has 2 aromatic heterocycles. The van der Waals surface area contributed by atoms with Gasteiger partial charge in [-0.15, -0.1) is 0 Å². The summed E-state index contributed by atoms with van der Waals surface area (Å²) in [6.07, 6.45) is 4.15. The lowest BCUT2D eigenvalue weighted by Crippen LogP contribution is -2.01. The van der Waals surface area contributed by atoms with Gasteiger partial charge in [-0.2, -0.15) is 0 Å². The highest BCUT2D eigenvalue weighted by Gasteiger charge is 2.09. The van der Waals surface area contributed by atoms with Crippen LogP contribution in [0.1, 0.15) is 16.2 Å². The van der Waals surface area contributed by atoms with Crippen molar-refractivity contribution in [1.82, 2.24) is 15.0 Å². The lowest BCUT2D eigenvalue weighted by atomic mass is 10.5. The lowest BCUT2D eigenvalue weighted by Gasteiger charge is -1.96. The first-order valence-electron chi connectivity index (χ1n) is 4.30. The first-order valence-corrected chi connectivity index (χ1v) is 5.12. The average molecular weight is 237 g/mol. The van der Waals surface area contributed by atoms with Crippen molar-refractivity contribution in [3.8, 4) is 0 Å². The second-order valence-electron chi connectivity index (χ2n) is 2.90. The maximum absolute atomic E-state index is 10.7. The molecule has 0 aromatic carbocycles. The van der Waals surface area contributed by atoms with Crippen LogP contribution in [0, 0.1) is 6.92 Å². The first kappa shape index (κ1) is 10.6. The minimum absolute atomic E-state index is 0.103. The van der Waals surface area contributed by atoms with Crippen LogP contribution in [-0.4, -0.2) is 26.0 Å². The monoisotopic (exact) mass is 237 g/mol. The van der Waals surface area contributed by atoms with Gasteiger partial charge in [-0.05, 0) is 18.7 Å². The number of aryl methyl sites for hydroxylation is 1. The summed E-state index contributed by atoms with van der Waals surface area (Å²) in [5, 5.41) is 9.57. The number of hydrogen-bond donors (Lipinski definition) is 1. The molecule has 2 heterocycles. The van der Waals surface area contributed by atoms with E-state index in [9.17, 15) is 4.79 Å². The van der Waals surface area contributed by atoms with E-state index in [-0.39, 0.29) is 5.69 Å². The fourth-order valence-electron chi connectivity index (χ4n) is 0.969. The molecule has 0 saturated heterocycles. The minimum atomic E-state index is -1.11. The van der Waals surface area contributed by atoms with Gasteiger partial charge >= 0.3 is 5.97 Å². The van der Waals surface area contributed by atoms with Crippen LogP contribution in [0.2, 0.25) is 0 Å². The van der Waals surface area contributed by atoms with E-state index >= 15 is 0 Å². The van der Waals surface area contributed by atoms with E-state index in [2.05, 4.69) is 15.0 Å². The molecule has 7 heteroatoms. The van der Waals surface area contributed by atoms with Gasteiger partial charge in [-0.3, -0.25) is 4.98 Å². The Morgan fingerprint density at radius 1 is 1.44 bits per heavy atom. The second kappa shape index (κ2) is 4.31. The van der Waals surface area contributed by atoms with Crippen LogP contribution >= 0.6 is 11.8 Å². The quantitative estimate of drug-likeness (QED) is 0.867. The number of oxazole rings is 1. The van der Waals surface area contributed by atoms with Gasteiger partial charge in [-0.1, -0.05) is 0 Å². The van der Waals surface area contributed by atoms with Gasteiger partial charge in [0.25, 0.3) is 5.22 Å². The van der Waals surface area contributed by atoms with Crippen LogP contribution in [0.4, 0.5) is 0 Å². The fraction of sp³-hybridized carbons (Fsp3) is 0.111. The van der Waals surface area contributed by atoms with E-state index in [0.717, 1.165) is 17.5 Å². The van der Waals surface area contributed by atoms with E-state index in [0.29, 0.717) is 10.2 Å². The number of carbonyl (C=O) groups is 1. The van der Waals surface area contributed by atoms with Crippen LogP contribution in [0.15, 0.2) is 33.3 Å². The minimum Gasteiger partial charge on any atom is -0.476 e. The largest absolute Gasteiger partial charge is 0.476 e. The smallest absolute Gasteiger partial charge is 0.356 e. The first-order chi connectivity index (χ1) is 7.65. The van der Waals surface area contributed by atoms with Crippen molar-refractivity contribution in [2.24, 2.45) is 0 Å². The van der Waals surface area contributed by atoms with E-state index in [4.69, 9.17) is 9.52 Å². The molecule has 2 rings (SSSR count). The molecule has 0 unspecified atom stereocenters. The van der Waals surface area contributed by atoms with Gasteiger partial charge in [-0.25, -0.2) is 14.8 Å². The van der Waals surface area contributed by atoms with Crippen LogP contribution in [0.3, 0.4) is 0 Å². The summed E-state index contributed by atoms with van der Waals surface area (Å²) >= 11 is 1.13. The fourth-order valence-corrected chi connectivity index (χ4v) is 1.69. The van der Waals surface area contributed by atoms with Gasteiger partial charge < -0.3 is 9.52 Å². The molecule has 0 amide bonds. The molecule has 0 fully saturated rings. The number of carboxylic acid groups (broad SMARTS) is 1. The third-order valence-corrected chi connectivity index (χ3v) is 2.39. The summed E-state index contributed by atoms with van der Waals surface area (Å²) < 4.78 is 5.11. The van der Waals surface area contributed by atoms with Crippen molar-refractivity contribution >= 4 is 17.7 Å². The van der Waals surface area contributed by atoms with Gasteiger partial charge in [0.1, 0.15) is 11.3 Å². The number of rotatable bonds is 3. The maximum Gasteiger partial charge on any atom is 0.356 e. The molecule has 2 aromatic rings. The van der Waals surface area contributed by atoms with Crippen molar-refractivity contribution in [1.29, 1.82) is 0 Å². The third kappa shape index (κ3) is 2.37. The SMILES string of the molecule is Cc1coc(Sc2cncc(C(=O)O)n2)n1. The summed E-state index contributed by atoms with van der Waals surface area (Å²) in [6.45, 7) is 1.80. The van der Waals surface area contributed by atoms with Crippen molar-refractivity contribution < 1.29 is 14.3 Å². The molecular weight excluding hydrogens is 230 g/mol. The topological polar surface area (TPSA) is 89.1 Å². The van der Waals surface area contributed by atoms with Crippen LogP contribution < -0.4 is 0 Å². The summed E-state index contributed by atoms with van der Waals surface area (Å²) in [6, 6.07) is 0. The molecule has 0 atom stereocenters. The Balaban J connectivity index is 2.21. The number of aromatic carboxylic acids is 1. The Hall–Kier alpha value is -1.89. The average Bonchev–Trinajstić information content (AvgIpc) is 2.64. The van der Waals surface area contributed by atoms with E-state index < -0.39 is 5.97 Å². The summed E-state index contributed by atoms with van der Waals surface area (Å²) in [5.74, 6) is -1.11. The Morgan fingerprint density at radius 2 is 2.25 bits per heavy atom. The summed E-state index contributed by atoms with van der Waals surface area (Å²) in [4.78, 5) is 22.4. The normalized spacial score (nSPS) is 10.3. The molecule has 0 saturated carbocycles. The highest BCUT2D eigenvalue weighted by molar-refractivity contribution is 7.99. The van der Waals surface area contributed by atoms with Crippen LogP contribution in [-0.2, 0) is 0 Å². The molecule has 1 N–H and O–H groups in total. The molecule has 82 valence electrons. The van der Waals surface area contributed by atoms with Gasteiger partial charge in [0.2, 0.25) is 0 Å². The van der Waals surface area contributed by atoms with Crippen LogP contribution in [0.5, 0.6) is 0 Å². The highest BCUT2D eigenvalue weighted by Crippen LogP contribution is 2.24. The Labute approximate surface area is 94.8 Å². The molecule has 16 heavy (non-hydrogen) atoms. The molecule has 0 aliphatic carbocycles. The van der Waals surface area contributed by atoms with E-state index in [1.807, 2.05) is 0 Å². The molecule has 0 bridgehead atoms.